The first-order valence-corrected chi connectivity index (χ1v) is 15.9. The van der Waals surface area contributed by atoms with Crippen LogP contribution in [-0.4, -0.2) is 9.97 Å². The molecule has 0 fully saturated rings. The third kappa shape index (κ3) is 7.21. The van der Waals surface area contributed by atoms with Crippen molar-refractivity contribution in [3.63, 3.8) is 0 Å². The van der Waals surface area contributed by atoms with Crippen molar-refractivity contribution in [2.24, 2.45) is 0 Å². The number of para-hydroxylation sites is 1. The summed E-state index contributed by atoms with van der Waals surface area (Å²) in [5, 5.41) is 2.22. The zero-order valence-electron chi connectivity index (χ0n) is 26.9. The summed E-state index contributed by atoms with van der Waals surface area (Å²) in [4.78, 5) is 9.05. The van der Waals surface area contributed by atoms with Gasteiger partial charge in [0.15, 0.2) is 0 Å². The smallest absolute Gasteiger partial charge is 0.120 e. The summed E-state index contributed by atoms with van der Waals surface area (Å²) in [5.74, 6) is 0. The molecule has 0 aliphatic carbocycles. The Balaban J connectivity index is 0.000000168. The van der Waals surface area contributed by atoms with E-state index in [1.807, 2.05) is 67.0 Å². The van der Waals surface area contributed by atoms with Gasteiger partial charge < -0.3 is 14.4 Å². The van der Waals surface area contributed by atoms with Gasteiger partial charge in [-0.1, -0.05) is 110 Å². The van der Waals surface area contributed by atoms with Crippen LogP contribution in [0.15, 0.2) is 162 Å². The molecule has 0 saturated carbocycles. The molecule has 0 spiro atoms. The maximum atomic E-state index is 5.89. The first-order valence-electron chi connectivity index (χ1n) is 15.9. The number of benzene rings is 5. The molecular formula is C44H34IrN2O-2. The molecule has 1 radical (unpaired) electrons. The quantitative estimate of drug-likeness (QED) is 0.157. The van der Waals surface area contributed by atoms with Gasteiger partial charge in [0.05, 0.1) is 5.58 Å². The van der Waals surface area contributed by atoms with Crippen LogP contribution in [0.5, 0.6) is 0 Å². The van der Waals surface area contributed by atoms with E-state index in [0.29, 0.717) is 0 Å². The minimum atomic E-state index is -0.0479. The predicted octanol–water partition coefficient (Wildman–Crippen LogP) is 10.9. The second-order valence-electron chi connectivity index (χ2n) is 12.1. The van der Waals surface area contributed by atoms with E-state index in [1.54, 1.807) is 0 Å². The van der Waals surface area contributed by atoms with E-state index in [4.69, 9.17) is 4.42 Å². The molecule has 3 heterocycles. The second kappa shape index (κ2) is 14.7. The summed E-state index contributed by atoms with van der Waals surface area (Å²) in [6.07, 6.45) is 4.66. The van der Waals surface area contributed by atoms with Crippen LogP contribution in [0.2, 0.25) is 0 Å². The molecule has 0 bridgehead atoms. The van der Waals surface area contributed by atoms with Crippen molar-refractivity contribution in [2.45, 2.75) is 25.7 Å². The number of fused-ring (bicyclic) bond motifs is 3. The Kier molecular flexibility index (Phi) is 10.1. The van der Waals surface area contributed by atoms with Crippen LogP contribution in [0.1, 0.15) is 36.1 Å². The molecule has 0 N–H and O–H groups in total. The molecule has 0 aliphatic heterocycles. The molecule has 0 amide bonds. The summed E-state index contributed by atoms with van der Waals surface area (Å²) >= 11 is 0. The van der Waals surface area contributed by atoms with E-state index in [2.05, 4.69) is 127 Å². The Hall–Kier alpha value is -5.15. The molecule has 0 aliphatic rings. The maximum absolute atomic E-state index is 5.89. The number of aromatic nitrogens is 2. The average molecular weight is 799 g/mol. The zero-order valence-corrected chi connectivity index (χ0v) is 29.2. The van der Waals surface area contributed by atoms with Crippen LogP contribution in [0.4, 0.5) is 0 Å². The van der Waals surface area contributed by atoms with Gasteiger partial charge in [-0.15, -0.1) is 59.7 Å². The van der Waals surface area contributed by atoms with E-state index in [9.17, 15) is 0 Å². The zero-order chi connectivity index (χ0) is 32.1. The molecule has 0 saturated heterocycles. The largest absolute Gasteiger partial charge is 0.500 e. The topological polar surface area (TPSA) is 38.9 Å². The Morgan fingerprint density at radius 1 is 0.562 bits per heavy atom. The van der Waals surface area contributed by atoms with Crippen molar-refractivity contribution in [1.29, 1.82) is 0 Å². The van der Waals surface area contributed by atoms with E-state index in [0.717, 1.165) is 50.9 Å². The van der Waals surface area contributed by atoms with E-state index in [1.165, 1.54) is 22.3 Å². The van der Waals surface area contributed by atoms with Crippen molar-refractivity contribution >= 4 is 21.9 Å². The van der Waals surface area contributed by atoms with Crippen molar-refractivity contribution in [3.05, 3.63) is 192 Å². The first-order chi connectivity index (χ1) is 23.0. The second-order valence-corrected chi connectivity index (χ2v) is 12.1. The molecular weight excluding hydrogens is 765 g/mol. The molecule has 48 heavy (non-hydrogen) atoms. The Morgan fingerprint density at radius 2 is 1.25 bits per heavy atom. The van der Waals surface area contributed by atoms with Gasteiger partial charge in [-0.3, -0.25) is 0 Å². The molecule has 237 valence electrons. The number of hydrogen-bond donors (Lipinski definition) is 0. The standard InChI is InChI=1S/C24H16NO.C20H18N.Ir/c1-2-6-17(7-3-1)14-18-12-13-25-22(15-18)19-10-11-24-21(16-19)20-8-4-5-9-23(20)26-24;1-20(2,17-11-7-4-8-12-17)18-13-14-21-19(15-18)16-9-5-3-6-10-16;/h1-9,11-13,15-16H,14H2;3-9,11-15H,1-2H3;/q2*-1;. The molecule has 0 unspecified atom stereocenters. The maximum Gasteiger partial charge on any atom is 0.120 e. The monoisotopic (exact) mass is 799 g/mol. The van der Waals surface area contributed by atoms with Gasteiger partial charge in [-0.25, -0.2) is 0 Å². The van der Waals surface area contributed by atoms with E-state index >= 15 is 0 Å². The van der Waals surface area contributed by atoms with Gasteiger partial charge >= 0.3 is 0 Å². The van der Waals surface area contributed by atoms with Gasteiger partial charge in [0.1, 0.15) is 5.58 Å². The van der Waals surface area contributed by atoms with Crippen LogP contribution >= 0.6 is 0 Å². The molecule has 3 aromatic heterocycles. The van der Waals surface area contributed by atoms with Gasteiger partial charge in [0, 0.05) is 43.3 Å². The van der Waals surface area contributed by atoms with Crippen molar-refractivity contribution in [1.82, 2.24) is 9.97 Å². The predicted molar refractivity (Wildman–Crippen MR) is 192 cm³/mol. The third-order valence-electron chi connectivity index (χ3n) is 8.62. The van der Waals surface area contributed by atoms with Crippen molar-refractivity contribution in [3.8, 4) is 22.5 Å². The van der Waals surface area contributed by atoms with Gasteiger partial charge in [0.2, 0.25) is 0 Å². The molecule has 3 nitrogen and oxygen atoms in total. The fourth-order valence-corrected chi connectivity index (χ4v) is 5.92. The fourth-order valence-electron chi connectivity index (χ4n) is 5.92. The van der Waals surface area contributed by atoms with Gasteiger partial charge in [0.25, 0.3) is 0 Å². The number of rotatable bonds is 6. The van der Waals surface area contributed by atoms with Crippen molar-refractivity contribution < 1.29 is 24.5 Å². The van der Waals surface area contributed by atoms with Crippen LogP contribution in [0.25, 0.3) is 44.5 Å². The Labute approximate surface area is 295 Å². The van der Waals surface area contributed by atoms with Gasteiger partial charge in [-0.05, 0) is 58.3 Å². The number of nitrogens with zero attached hydrogens (tertiary/aromatic N) is 2. The van der Waals surface area contributed by atoms with Crippen LogP contribution in [0.3, 0.4) is 0 Å². The molecule has 5 aromatic carbocycles. The third-order valence-corrected chi connectivity index (χ3v) is 8.62. The minimum Gasteiger partial charge on any atom is -0.500 e. The first kappa shape index (κ1) is 32.8. The Bertz CT molecular complexity index is 2240. The summed E-state index contributed by atoms with van der Waals surface area (Å²) in [6.45, 7) is 4.49. The average Bonchev–Trinajstić information content (AvgIpc) is 3.51. The van der Waals surface area contributed by atoms with Crippen LogP contribution < -0.4 is 0 Å². The number of hydrogen-bond acceptors (Lipinski definition) is 3. The van der Waals surface area contributed by atoms with Crippen molar-refractivity contribution in [2.75, 3.05) is 0 Å². The molecule has 0 atom stereocenters. The van der Waals surface area contributed by atoms with E-state index < -0.39 is 0 Å². The summed E-state index contributed by atoms with van der Waals surface area (Å²) in [5.41, 5.74) is 10.7. The fraction of sp³-hybridized carbons (Fsp3) is 0.0909. The molecule has 8 aromatic rings. The minimum absolute atomic E-state index is 0. The number of pyridine rings is 2. The normalized spacial score (nSPS) is 11.0. The van der Waals surface area contributed by atoms with E-state index in [-0.39, 0.29) is 25.5 Å². The Morgan fingerprint density at radius 3 is 2.02 bits per heavy atom. The summed E-state index contributed by atoms with van der Waals surface area (Å²) in [6, 6.07) is 56.2. The SMILES string of the molecule is CC(C)(c1ccccc1)c1ccnc(-c2[c-]cccc2)c1.[Ir].[c-]1cc2oc3ccccc3c2cc1-c1cc(Cc2ccccc2)ccn1. The van der Waals surface area contributed by atoms with Crippen LogP contribution in [-0.2, 0) is 31.9 Å². The molecule has 4 heteroatoms. The summed E-state index contributed by atoms with van der Waals surface area (Å²) in [7, 11) is 0. The number of furan rings is 1. The molecule has 8 rings (SSSR count). The van der Waals surface area contributed by atoms with Gasteiger partial charge in [-0.2, -0.15) is 0 Å². The summed E-state index contributed by atoms with van der Waals surface area (Å²) < 4.78 is 5.89. The van der Waals surface area contributed by atoms with Crippen LogP contribution in [0, 0.1) is 12.1 Å².